The summed E-state index contributed by atoms with van der Waals surface area (Å²) in [7, 11) is 0. The third-order valence-electron chi connectivity index (χ3n) is 1.68. The highest BCUT2D eigenvalue weighted by atomic mass is 16.2. The molecule has 0 saturated carbocycles. The maximum Gasteiger partial charge on any atom is 0.296 e. The molecule has 0 radical (unpaired) electrons. The van der Waals surface area contributed by atoms with Crippen LogP contribution in [-0.4, -0.2) is 11.7 Å². The van der Waals surface area contributed by atoms with Gasteiger partial charge in [-0.05, 0) is 32.1 Å². The lowest BCUT2D eigenvalue weighted by atomic mass is 10.2. The maximum absolute atomic E-state index is 11.3. The van der Waals surface area contributed by atoms with E-state index in [-0.39, 0.29) is 0 Å². The van der Waals surface area contributed by atoms with Gasteiger partial charge in [-0.2, -0.15) is 0 Å². The van der Waals surface area contributed by atoms with Crippen LogP contribution in [0.5, 0.6) is 0 Å². The monoisotopic (exact) mass is 203 g/mol. The molecule has 0 atom stereocenters. The molecule has 0 aliphatic heterocycles. The zero-order valence-corrected chi connectivity index (χ0v) is 8.78. The van der Waals surface area contributed by atoms with Crippen LogP contribution in [0, 0.1) is 0 Å². The summed E-state index contributed by atoms with van der Waals surface area (Å²) < 4.78 is 0. The van der Waals surface area contributed by atoms with Crippen molar-refractivity contribution in [1.29, 1.82) is 0 Å². The molecular weight excluding hydrogens is 190 g/mol. The van der Waals surface area contributed by atoms with Gasteiger partial charge in [0.1, 0.15) is 0 Å². The predicted molar refractivity (Wildman–Crippen MR) is 59.5 cm³/mol. The summed E-state index contributed by atoms with van der Waals surface area (Å²) >= 11 is 0. The van der Waals surface area contributed by atoms with Crippen LogP contribution in [0.2, 0.25) is 0 Å². The van der Waals surface area contributed by atoms with E-state index in [4.69, 9.17) is 0 Å². The fourth-order valence-corrected chi connectivity index (χ4v) is 1.04. The molecule has 0 fully saturated rings. The lowest BCUT2D eigenvalue weighted by molar-refractivity contribution is -0.132. The molecule has 1 aromatic rings. The van der Waals surface area contributed by atoms with Gasteiger partial charge in [0.05, 0.1) is 0 Å². The lowest BCUT2D eigenvalue weighted by Crippen LogP contribution is -2.20. The van der Waals surface area contributed by atoms with Crippen LogP contribution in [0.4, 0.5) is 5.69 Å². The molecule has 0 heterocycles. The topological polar surface area (TPSA) is 46.2 Å². The molecule has 78 valence electrons. The Balaban J connectivity index is 2.65. The second-order valence-electron chi connectivity index (χ2n) is 3.41. The van der Waals surface area contributed by atoms with Crippen LogP contribution in [0.1, 0.15) is 13.8 Å². The van der Waals surface area contributed by atoms with Crippen molar-refractivity contribution in [3.05, 3.63) is 42.0 Å². The number of nitrogens with one attached hydrogen (secondary N) is 1. The lowest BCUT2D eigenvalue weighted by Gasteiger charge is -2.01. The average molecular weight is 203 g/mol. The van der Waals surface area contributed by atoms with E-state index < -0.39 is 11.7 Å². The average Bonchev–Trinajstić information content (AvgIpc) is 2.18. The minimum Gasteiger partial charge on any atom is -0.319 e. The van der Waals surface area contributed by atoms with E-state index in [1.165, 1.54) is 6.08 Å². The highest BCUT2D eigenvalue weighted by Crippen LogP contribution is 2.04. The maximum atomic E-state index is 11.3. The van der Waals surface area contributed by atoms with Gasteiger partial charge in [0.15, 0.2) is 0 Å². The van der Waals surface area contributed by atoms with Crippen molar-refractivity contribution in [2.24, 2.45) is 0 Å². The minimum atomic E-state index is -0.609. The quantitative estimate of drug-likeness (QED) is 0.604. The summed E-state index contributed by atoms with van der Waals surface area (Å²) in [5.74, 6) is -1.14. The number of para-hydroxylation sites is 1. The third-order valence-corrected chi connectivity index (χ3v) is 1.68. The van der Waals surface area contributed by atoms with Crippen molar-refractivity contribution in [1.82, 2.24) is 0 Å². The van der Waals surface area contributed by atoms with Crippen LogP contribution < -0.4 is 5.32 Å². The van der Waals surface area contributed by atoms with Gasteiger partial charge in [-0.3, -0.25) is 9.59 Å². The number of ketones is 1. The first kappa shape index (κ1) is 11.2. The summed E-state index contributed by atoms with van der Waals surface area (Å²) in [6, 6.07) is 8.89. The predicted octanol–water partition coefficient (Wildman–Crippen LogP) is 2.16. The molecule has 1 rings (SSSR count). The molecule has 0 bridgehead atoms. The van der Waals surface area contributed by atoms with Crippen molar-refractivity contribution >= 4 is 17.4 Å². The number of benzene rings is 1. The first-order chi connectivity index (χ1) is 7.09. The molecule has 15 heavy (non-hydrogen) atoms. The van der Waals surface area contributed by atoms with Gasteiger partial charge in [-0.25, -0.2) is 0 Å². The van der Waals surface area contributed by atoms with E-state index in [0.29, 0.717) is 5.69 Å². The van der Waals surface area contributed by atoms with Crippen molar-refractivity contribution in [3.63, 3.8) is 0 Å². The summed E-state index contributed by atoms with van der Waals surface area (Å²) in [5.41, 5.74) is 1.43. The van der Waals surface area contributed by atoms with Gasteiger partial charge in [0.25, 0.3) is 5.91 Å². The van der Waals surface area contributed by atoms with E-state index in [0.717, 1.165) is 5.57 Å². The first-order valence-corrected chi connectivity index (χ1v) is 4.65. The highest BCUT2D eigenvalue weighted by Gasteiger charge is 2.09. The van der Waals surface area contributed by atoms with Gasteiger partial charge in [0, 0.05) is 5.69 Å². The van der Waals surface area contributed by atoms with Gasteiger partial charge < -0.3 is 5.32 Å². The van der Waals surface area contributed by atoms with E-state index in [9.17, 15) is 9.59 Å². The number of rotatable bonds is 3. The molecular formula is C12H13NO2. The van der Waals surface area contributed by atoms with E-state index in [2.05, 4.69) is 5.32 Å². The molecule has 0 aliphatic carbocycles. The molecule has 0 unspecified atom stereocenters. The number of carbonyl (C=O) groups is 2. The van der Waals surface area contributed by atoms with Crippen molar-refractivity contribution < 1.29 is 9.59 Å². The summed E-state index contributed by atoms with van der Waals surface area (Å²) in [4.78, 5) is 22.6. The second kappa shape index (κ2) is 5.10. The molecule has 3 heteroatoms. The SMILES string of the molecule is CC(C)=CC(=O)C(=O)Nc1ccccc1. The van der Waals surface area contributed by atoms with Gasteiger partial charge in [0.2, 0.25) is 5.78 Å². The first-order valence-electron chi connectivity index (χ1n) is 4.65. The van der Waals surface area contributed by atoms with Crippen LogP contribution in [0.3, 0.4) is 0 Å². The van der Waals surface area contributed by atoms with Crippen LogP contribution in [-0.2, 0) is 9.59 Å². The van der Waals surface area contributed by atoms with Gasteiger partial charge >= 0.3 is 0 Å². The molecule has 1 amide bonds. The van der Waals surface area contributed by atoms with Crippen LogP contribution >= 0.6 is 0 Å². The molecule has 0 aliphatic rings. The third kappa shape index (κ3) is 3.77. The van der Waals surface area contributed by atoms with Crippen LogP contribution in [0.25, 0.3) is 0 Å². The van der Waals surface area contributed by atoms with E-state index >= 15 is 0 Å². The van der Waals surface area contributed by atoms with Gasteiger partial charge in [-0.1, -0.05) is 23.8 Å². The normalized spacial score (nSPS) is 9.20. The molecule has 1 aromatic carbocycles. The van der Waals surface area contributed by atoms with Crippen molar-refractivity contribution in [2.45, 2.75) is 13.8 Å². The van der Waals surface area contributed by atoms with Gasteiger partial charge in [-0.15, -0.1) is 0 Å². The van der Waals surface area contributed by atoms with Crippen molar-refractivity contribution in [3.8, 4) is 0 Å². The number of amides is 1. The summed E-state index contributed by atoms with van der Waals surface area (Å²) in [6.45, 7) is 3.54. The fourth-order valence-electron chi connectivity index (χ4n) is 1.04. The Morgan fingerprint density at radius 2 is 1.73 bits per heavy atom. The minimum absolute atomic E-state index is 0.529. The zero-order valence-electron chi connectivity index (χ0n) is 8.78. The Morgan fingerprint density at radius 3 is 2.27 bits per heavy atom. The number of carbonyl (C=O) groups excluding carboxylic acids is 2. The number of allylic oxidation sites excluding steroid dienone is 1. The molecule has 1 N–H and O–H groups in total. The Kier molecular flexibility index (Phi) is 3.80. The summed E-state index contributed by atoms with van der Waals surface area (Å²) in [6.07, 6.45) is 1.32. The fraction of sp³-hybridized carbons (Fsp3) is 0.167. The largest absolute Gasteiger partial charge is 0.319 e. The number of hydrogen-bond donors (Lipinski definition) is 1. The molecule has 3 nitrogen and oxygen atoms in total. The summed E-state index contributed by atoms with van der Waals surface area (Å²) in [5, 5.41) is 2.51. The molecule has 0 spiro atoms. The zero-order chi connectivity index (χ0) is 11.3. The second-order valence-corrected chi connectivity index (χ2v) is 3.41. The smallest absolute Gasteiger partial charge is 0.296 e. The number of hydrogen-bond acceptors (Lipinski definition) is 2. The Morgan fingerprint density at radius 1 is 1.13 bits per heavy atom. The molecule has 0 saturated heterocycles. The Bertz CT molecular complexity index is 389. The van der Waals surface area contributed by atoms with E-state index in [1.807, 2.05) is 6.07 Å². The Hall–Kier alpha value is -1.90. The van der Waals surface area contributed by atoms with E-state index in [1.54, 1.807) is 38.1 Å². The standard InChI is InChI=1S/C12H13NO2/c1-9(2)8-11(14)12(15)13-10-6-4-3-5-7-10/h3-8H,1-2H3,(H,13,15). The molecule has 0 aromatic heterocycles. The number of anilines is 1. The highest BCUT2D eigenvalue weighted by molar-refractivity contribution is 6.44. The Labute approximate surface area is 88.8 Å². The van der Waals surface area contributed by atoms with Crippen LogP contribution in [0.15, 0.2) is 42.0 Å². The van der Waals surface area contributed by atoms with Crippen molar-refractivity contribution in [2.75, 3.05) is 5.32 Å².